The van der Waals surface area contributed by atoms with Gasteiger partial charge in [0.25, 0.3) is 0 Å². The molecule has 0 spiro atoms. The minimum Gasteiger partial charge on any atom is -0.461 e. The van der Waals surface area contributed by atoms with Crippen LogP contribution in [-0.2, 0) is 13.1 Å². The Kier molecular flexibility index (Phi) is 3.68. The minimum atomic E-state index is 0.294. The SMILES string of the molecule is Nc1ncc(CNCc2ccccc2)c2nc(-c3ccco3)nn12. The summed E-state index contributed by atoms with van der Waals surface area (Å²) >= 11 is 0. The topological polar surface area (TPSA) is 94.3 Å². The zero-order valence-corrected chi connectivity index (χ0v) is 12.9. The number of nitrogens with one attached hydrogen (secondary N) is 1. The first-order valence-corrected chi connectivity index (χ1v) is 7.60. The quantitative estimate of drug-likeness (QED) is 0.586. The highest BCUT2D eigenvalue weighted by atomic mass is 16.3. The maximum atomic E-state index is 5.91. The number of benzene rings is 1. The van der Waals surface area contributed by atoms with Crippen LogP contribution in [0.3, 0.4) is 0 Å². The molecule has 0 aliphatic carbocycles. The molecule has 1 aromatic carbocycles. The summed E-state index contributed by atoms with van der Waals surface area (Å²) in [6.45, 7) is 1.37. The fourth-order valence-corrected chi connectivity index (χ4v) is 2.51. The monoisotopic (exact) mass is 320 g/mol. The molecule has 0 amide bonds. The summed E-state index contributed by atoms with van der Waals surface area (Å²) in [5.74, 6) is 1.38. The van der Waals surface area contributed by atoms with Gasteiger partial charge in [-0.15, -0.1) is 5.10 Å². The predicted molar refractivity (Wildman–Crippen MR) is 89.9 cm³/mol. The Balaban J connectivity index is 1.60. The van der Waals surface area contributed by atoms with Crippen molar-refractivity contribution in [2.75, 3.05) is 5.73 Å². The van der Waals surface area contributed by atoms with E-state index >= 15 is 0 Å². The highest BCUT2D eigenvalue weighted by molar-refractivity contribution is 5.57. The second kappa shape index (κ2) is 6.13. The van der Waals surface area contributed by atoms with Gasteiger partial charge in [-0.2, -0.15) is 4.52 Å². The lowest BCUT2D eigenvalue weighted by Gasteiger charge is -2.06. The van der Waals surface area contributed by atoms with Crippen molar-refractivity contribution in [1.29, 1.82) is 0 Å². The molecule has 3 heterocycles. The molecule has 4 rings (SSSR count). The van der Waals surface area contributed by atoms with Crippen LogP contribution in [0.15, 0.2) is 59.3 Å². The van der Waals surface area contributed by atoms with Gasteiger partial charge in [0.05, 0.1) is 6.26 Å². The number of nitrogens with zero attached hydrogens (tertiary/aromatic N) is 4. The van der Waals surface area contributed by atoms with Crippen molar-refractivity contribution in [2.45, 2.75) is 13.1 Å². The summed E-state index contributed by atoms with van der Waals surface area (Å²) in [6.07, 6.45) is 3.31. The standard InChI is InChI=1S/C17H16N6O/c18-17-20-11-13(10-19-9-12-5-2-1-3-6-12)16-21-15(22-23(16)17)14-7-4-8-24-14/h1-8,11,19H,9-10H2,(H2,18,20). The molecular weight excluding hydrogens is 304 g/mol. The summed E-state index contributed by atoms with van der Waals surface area (Å²) in [6, 6.07) is 13.8. The number of fused-ring (bicyclic) bond motifs is 1. The van der Waals surface area contributed by atoms with Crippen LogP contribution in [-0.4, -0.2) is 19.6 Å². The van der Waals surface area contributed by atoms with Gasteiger partial charge in [-0.05, 0) is 17.7 Å². The molecule has 7 nitrogen and oxygen atoms in total. The van der Waals surface area contributed by atoms with Crippen molar-refractivity contribution >= 4 is 11.6 Å². The molecule has 0 saturated heterocycles. The Morgan fingerprint density at radius 3 is 2.75 bits per heavy atom. The molecule has 4 aromatic rings. The zero-order chi connectivity index (χ0) is 16.4. The van der Waals surface area contributed by atoms with E-state index in [0.29, 0.717) is 29.7 Å². The fourth-order valence-electron chi connectivity index (χ4n) is 2.51. The van der Waals surface area contributed by atoms with Gasteiger partial charge < -0.3 is 15.5 Å². The molecule has 7 heteroatoms. The first-order valence-electron chi connectivity index (χ1n) is 7.60. The van der Waals surface area contributed by atoms with Crippen LogP contribution in [0.5, 0.6) is 0 Å². The third kappa shape index (κ3) is 2.72. The van der Waals surface area contributed by atoms with Crippen LogP contribution < -0.4 is 11.1 Å². The van der Waals surface area contributed by atoms with Crippen LogP contribution in [0, 0.1) is 0 Å². The van der Waals surface area contributed by atoms with E-state index in [1.807, 2.05) is 24.3 Å². The smallest absolute Gasteiger partial charge is 0.223 e. The molecule has 0 bridgehead atoms. The van der Waals surface area contributed by atoms with Gasteiger partial charge >= 0.3 is 0 Å². The minimum absolute atomic E-state index is 0.294. The van der Waals surface area contributed by atoms with E-state index in [-0.39, 0.29) is 0 Å². The molecule has 0 unspecified atom stereocenters. The average Bonchev–Trinajstić information content (AvgIpc) is 3.27. The number of furan rings is 1. The molecule has 120 valence electrons. The van der Waals surface area contributed by atoms with Crippen LogP contribution in [0.25, 0.3) is 17.2 Å². The van der Waals surface area contributed by atoms with Crippen LogP contribution in [0.4, 0.5) is 5.95 Å². The van der Waals surface area contributed by atoms with Crippen molar-refractivity contribution in [3.05, 3.63) is 66.1 Å². The van der Waals surface area contributed by atoms with Crippen LogP contribution in [0.2, 0.25) is 0 Å². The zero-order valence-electron chi connectivity index (χ0n) is 12.9. The largest absolute Gasteiger partial charge is 0.461 e. The summed E-state index contributed by atoms with van der Waals surface area (Å²) in [5, 5.41) is 7.77. The van der Waals surface area contributed by atoms with Crippen molar-refractivity contribution in [2.24, 2.45) is 0 Å². The molecule has 3 aromatic heterocycles. The van der Waals surface area contributed by atoms with Gasteiger partial charge in [0.1, 0.15) is 0 Å². The highest BCUT2D eigenvalue weighted by Gasteiger charge is 2.14. The highest BCUT2D eigenvalue weighted by Crippen LogP contribution is 2.19. The molecule has 0 aliphatic rings. The third-order valence-corrected chi connectivity index (χ3v) is 3.69. The third-order valence-electron chi connectivity index (χ3n) is 3.69. The van der Waals surface area contributed by atoms with Crippen LogP contribution in [0.1, 0.15) is 11.1 Å². The second-order valence-corrected chi connectivity index (χ2v) is 5.38. The first-order chi connectivity index (χ1) is 11.8. The Bertz CT molecular complexity index is 946. The summed E-state index contributed by atoms with van der Waals surface area (Å²) < 4.78 is 6.89. The second-order valence-electron chi connectivity index (χ2n) is 5.38. The van der Waals surface area contributed by atoms with Crippen molar-refractivity contribution in [1.82, 2.24) is 24.9 Å². The van der Waals surface area contributed by atoms with E-state index in [0.717, 1.165) is 12.1 Å². The van der Waals surface area contributed by atoms with E-state index in [2.05, 4.69) is 32.5 Å². The number of hydrogen-bond donors (Lipinski definition) is 2. The number of hydrogen-bond acceptors (Lipinski definition) is 6. The Morgan fingerprint density at radius 2 is 1.96 bits per heavy atom. The first kappa shape index (κ1) is 14.4. The fraction of sp³-hybridized carbons (Fsp3) is 0.118. The maximum Gasteiger partial charge on any atom is 0.223 e. The number of anilines is 1. The van der Waals surface area contributed by atoms with Gasteiger partial charge in [0.15, 0.2) is 11.4 Å². The van der Waals surface area contributed by atoms with E-state index in [9.17, 15) is 0 Å². The predicted octanol–water partition coefficient (Wildman–Crippen LogP) is 2.26. The number of nitrogen functional groups attached to an aromatic ring is 1. The Labute approximate surface area is 138 Å². The number of nitrogens with two attached hydrogens (primary N) is 1. The average molecular weight is 320 g/mol. The molecule has 0 fully saturated rings. The Morgan fingerprint density at radius 1 is 1.08 bits per heavy atom. The summed E-state index contributed by atoms with van der Waals surface area (Å²) in [4.78, 5) is 8.73. The van der Waals surface area contributed by atoms with Crippen LogP contribution >= 0.6 is 0 Å². The normalized spacial score (nSPS) is 11.2. The lowest BCUT2D eigenvalue weighted by Crippen LogP contribution is -2.14. The van der Waals surface area contributed by atoms with Gasteiger partial charge in [0, 0.05) is 24.8 Å². The molecule has 0 radical (unpaired) electrons. The van der Waals surface area contributed by atoms with Crippen molar-refractivity contribution < 1.29 is 4.42 Å². The molecule has 0 aliphatic heterocycles. The molecule has 0 atom stereocenters. The van der Waals surface area contributed by atoms with E-state index < -0.39 is 0 Å². The Hall–Kier alpha value is -3.19. The maximum absolute atomic E-state index is 5.91. The van der Waals surface area contributed by atoms with Gasteiger partial charge in [-0.3, -0.25) is 0 Å². The summed E-state index contributed by atoms with van der Waals surface area (Å²) in [7, 11) is 0. The van der Waals surface area contributed by atoms with E-state index in [1.165, 1.54) is 10.1 Å². The van der Waals surface area contributed by atoms with Gasteiger partial charge in [0.2, 0.25) is 11.8 Å². The number of aromatic nitrogens is 4. The lowest BCUT2D eigenvalue weighted by molar-refractivity contribution is 0.577. The van der Waals surface area contributed by atoms with Gasteiger partial charge in [-0.1, -0.05) is 30.3 Å². The summed E-state index contributed by atoms with van der Waals surface area (Å²) in [5.41, 5.74) is 8.72. The molecular formula is C17H16N6O. The number of rotatable bonds is 5. The molecule has 3 N–H and O–H groups in total. The van der Waals surface area contributed by atoms with E-state index in [4.69, 9.17) is 10.2 Å². The molecule has 0 saturated carbocycles. The molecule has 24 heavy (non-hydrogen) atoms. The lowest BCUT2D eigenvalue weighted by atomic mass is 10.2. The van der Waals surface area contributed by atoms with E-state index in [1.54, 1.807) is 18.5 Å². The van der Waals surface area contributed by atoms with Gasteiger partial charge in [-0.25, -0.2) is 9.97 Å². The van der Waals surface area contributed by atoms with Crippen molar-refractivity contribution in [3.8, 4) is 11.6 Å². The van der Waals surface area contributed by atoms with Crippen molar-refractivity contribution in [3.63, 3.8) is 0 Å².